The van der Waals surface area contributed by atoms with Crippen LogP contribution in [0.1, 0.15) is 44.5 Å². The third kappa shape index (κ3) is 11.0. The predicted octanol–water partition coefficient (Wildman–Crippen LogP) is 7.47. The fraction of sp³-hybridized carbons (Fsp3) is 0.478. The molecular formula is C46H61NO8. The Morgan fingerprint density at radius 3 is 1.35 bits per heavy atom. The maximum absolute atomic E-state index is 6.53. The van der Waals surface area contributed by atoms with Crippen LogP contribution < -0.4 is 9.64 Å². The van der Waals surface area contributed by atoms with Crippen LogP contribution in [-0.2, 0) is 38.6 Å². The lowest BCUT2D eigenvalue weighted by Crippen LogP contribution is -2.29. The summed E-state index contributed by atoms with van der Waals surface area (Å²) in [5.41, 5.74) is 13.2. The lowest BCUT2D eigenvalue weighted by Gasteiger charge is -2.35. The standard InChI is InChI=1S/C46H61NO8/c1-34-8-13-40-41-14-9-35(2)31-43(41)46(42(40)30-34,38-11-10-36(3)37(4)32-38)39-12-15-44(47(5)6)45(33-39)55-29-28-54-27-26-53-25-24-52-23-22-51-21-20-50-19-18-49-17-16-48-7/h8-15,30-33H,16-29H2,1-7H3. The van der Waals surface area contributed by atoms with E-state index >= 15 is 0 Å². The number of fused-ring (bicyclic) bond motifs is 3. The molecule has 9 heteroatoms. The number of benzene rings is 4. The molecule has 5 rings (SSSR count). The highest BCUT2D eigenvalue weighted by Gasteiger charge is 2.46. The van der Waals surface area contributed by atoms with Gasteiger partial charge in [-0.1, -0.05) is 71.8 Å². The fourth-order valence-electron chi connectivity index (χ4n) is 7.10. The van der Waals surface area contributed by atoms with E-state index in [2.05, 4.69) is 119 Å². The van der Waals surface area contributed by atoms with Crippen molar-refractivity contribution < 1.29 is 37.9 Å². The minimum Gasteiger partial charge on any atom is -0.489 e. The molecule has 0 radical (unpaired) electrons. The molecule has 0 amide bonds. The van der Waals surface area contributed by atoms with E-state index in [-0.39, 0.29) is 0 Å². The van der Waals surface area contributed by atoms with Crippen LogP contribution in [0.15, 0.2) is 72.8 Å². The SMILES string of the molecule is COCCOCCOCCOCCOCCOCCOCCOc1cc(C2(c3ccc(C)c(C)c3)c3cc(C)ccc3-c3ccc(C)cc32)ccc1N(C)C. The quantitative estimate of drug-likeness (QED) is 0.0564. The minimum atomic E-state index is -0.510. The molecule has 0 unspecified atom stereocenters. The molecule has 0 bridgehead atoms. The number of anilines is 1. The number of methoxy groups -OCH3 is 1. The van der Waals surface area contributed by atoms with Crippen molar-refractivity contribution in [3.05, 3.63) is 117 Å². The maximum atomic E-state index is 6.53. The van der Waals surface area contributed by atoms with E-state index in [4.69, 9.17) is 37.9 Å². The third-order valence-corrected chi connectivity index (χ3v) is 10.0. The normalized spacial score (nSPS) is 12.9. The molecule has 298 valence electrons. The summed E-state index contributed by atoms with van der Waals surface area (Å²) in [4.78, 5) is 2.11. The molecule has 1 aliphatic carbocycles. The zero-order valence-corrected chi connectivity index (χ0v) is 34.0. The second kappa shape index (κ2) is 21.5. The van der Waals surface area contributed by atoms with Crippen LogP contribution in [0.2, 0.25) is 0 Å². The van der Waals surface area contributed by atoms with Gasteiger partial charge in [-0.2, -0.15) is 0 Å². The molecule has 0 aromatic heterocycles. The first kappa shape index (κ1) is 42.3. The van der Waals surface area contributed by atoms with E-state index in [9.17, 15) is 0 Å². The van der Waals surface area contributed by atoms with Crippen LogP contribution in [0.3, 0.4) is 0 Å². The average Bonchev–Trinajstić information content (AvgIpc) is 3.45. The molecule has 0 heterocycles. The highest BCUT2D eigenvalue weighted by Crippen LogP contribution is 2.57. The Morgan fingerprint density at radius 1 is 0.455 bits per heavy atom. The topological polar surface area (TPSA) is 77.1 Å². The number of hydrogen-bond donors (Lipinski definition) is 0. The smallest absolute Gasteiger partial charge is 0.143 e. The molecule has 0 saturated heterocycles. The van der Waals surface area contributed by atoms with Gasteiger partial charge in [0, 0.05) is 21.2 Å². The molecule has 0 saturated carbocycles. The van der Waals surface area contributed by atoms with Crippen LogP contribution in [0.5, 0.6) is 5.75 Å². The van der Waals surface area contributed by atoms with Crippen molar-refractivity contribution in [2.75, 3.05) is 119 Å². The van der Waals surface area contributed by atoms with Gasteiger partial charge >= 0.3 is 0 Å². The van der Waals surface area contributed by atoms with Crippen LogP contribution in [0, 0.1) is 27.7 Å². The van der Waals surface area contributed by atoms with Crippen molar-refractivity contribution in [1.82, 2.24) is 0 Å². The Hall–Kier alpha value is -3.80. The first-order chi connectivity index (χ1) is 26.8. The molecule has 55 heavy (non-hydrogen) atoms. The molecule has 0 fully saturated rings. The van der Waals surface area contributed by atoms with Crippen molar-refractivity contribution >= 4 is 5.69 Å². The van der Waals surface area contributed by atoms with E-state index in [0.717, 1.165) is 11.4 Å². The largest absolute Gasteiger partial charge is 0.489 e. The van der Waals surface area contributed by atoms with Crippen molar-refractivity contribution in [2.45, 2.75) is 33.1 Å². The molecule has 0 aliphatic heterocycles. The molecule has 0 atom stereocenters. The summed E-state index contributed by atoms with van der Waals surface area (Å²) in [6.07, 6.45) is 0. The van der Waals surface area contributed by atoms with Crippen LogP contribution >= 0.6 is 0 Å². The Kier molecular flexibility index (Phi) is 16.5. The van der Waals surface area contributed by atoms with Gasteiger partial charge in [0.1, 0.15) is 12.4 Å². The summed E-state index contributed by atoms with van der Waals surface area (Å²) < 4.78 is 45.0. The van der Waals surface area contributed by atoms with Gasteiger partial charge < -0.3 is 42.8 Å². The Balaban J connectivity index is 1.13. The zero-order valence-electron chi connectivity index (χ0n) is 34.0. The molecule has 9 nitrogen and oxygen atoms in total. The number of nitrogens with zero attached hydrogens (tertiary/aromatic N) is 1. The van der Waals surface area contributed by atoms with Gasteiger partial charge in [-0.3, -0.25) is 0 Å². The first-order valence-corrected chi connectivity index (χ1v) is 19.5. The summed E-state index contributed by atoms with van der Waals surface area (Å²) in [7, 11) is 5.76. The highest BCUT2D eigenvalue weighted by atomic mass is 16.6. The van der Waals surface area contributed by atoms with E-state index in [0.29, 0.717) is 92.5 Å². The monoisotopic (exact) mass is 755 g/mol. The van der Waals surface area contributed by atoms with Gasteiger partial charge in [-0.25, -0.2) is 0 Å². The van der Waals surface area contributed by atoms with Crippen molar-refractivity contribution in [3.8, 4) is 16.9 Å². The van der Waals surface area contributed by atoms with Gasteiger partial charge in [0.2, 0.25) is 0 Å². The fourth-order valence-corrected chi connectivity index (χ4v) is 7.10. The van der Waals surface area contributed by atoms with E-state index in [1.165, 1.54) is 55.6 Å². The van der Waals surface area contributed by atoms with Crippen molar-refractivity contribution in [3.63, 3.8) is 0 Å². The van der Waals surface area contributed by atoms with Gasteiger partial charge in [-0.15, -0.1) is 0 Å². The molecule has 0 N–H and O–H groups in total. The Labute approximate surface area is 328 Å². The van der Waals surface area contributed by atoms with Crippen molar-refractivity contribution in [1.29, 1.82) is 0 Å². The lowest BCUT2D eigenvalue weighted by molar-refractivity contribution is -0.0199. The average molecular weight is 756 g/mol. The number of ether oxygens (including phenoxy) is 8. The lowest BCUT2D eigenvalue weighted by atomic mass is 9.67. The number of aryl methyl sites for hydroxylation is 4. The summed E-state index contributed by atoms with van der Waals surface area (Å²) in [5.74, 6) is 0.831. The summed E-state index contributed by atoms with van der Waals surface area (Å²) in [5, 5.41) is 0. The number of rotatable bonds is 25. The maximum Gasteiger partial charge on any atom is 0.143 e. The number of hydrogen-bond acceptors (Lipinski definition) is 9. The molecule has 4 aromatic rings. The summed E-state index contributed by atoms with van der Waals surface area (Å²) in [6, 6.07) is 27.5. The molecule has 0 spiro atoms. The van der Waals surface area contributed by atoms with E-state index in [1.54, 1.807) is 7.11 Å². The zero-order chi connectivity index (χ0) is 39.0. The Morgan fingerprint density at radius 2 is 0.891 bits per heavy atom. The summed E-state index contributed by atoms with van der Waals surface area (Å²) >= 11 is 0. The van der Waals surface area contributed by atoms with Crippen LogP contribution in [-0.4, -0.2) is 114 Å². The molecule has 4 aromatic carbocycles. The van der Waals surface area contributed by atoms with Gasteiger partial charge in [-0.05, 0) is 84.3 Å². The molecular weight excluding hydrogens is 695 g/mol. The van der Waals surface area contributed by atoms with Crippen LogP contribution in [0.25, 0.3) is 11.1 Å². The van der Waals surface area contributed by atoms with Crippen molar-refractivity contribution in [2.24, 2.45) is 0 Å². The third-order valence-electron chi connectivity index (χ3n) is 10.0. The first-order valence-electron chi connectivity index (χ1n) is 19.5. The van der Waals surface area contributed by atoms with Crippen LogP contribution in [0.4, 0.5) is 5.69 Å². The highest BCUT2D eigenvalue weighted by molar-refractivity contribution is 5.87. The Bertz CT molecular complexity index is 1740. The van der Waals surface area contributed by atoms with Gasteiger partial charge in [0.15, 0.2) is 0 Å². The predicted molar refractivity (Wildman–Crippen MR) is 219 cm³/mol. The summed E-state index contributed by atoms with van der Waals surface area (Å²) in [6.45, 7) is 15.9. The molecule has 1 aliphatic rings. The second-order valence-electron chi connectivity index (χ2n) is 14.2. The minimum absolute atomic E-state index is 0.419. The van der Waals surface area contributed by atoms with Gasteiger partial charge in [0.25, 0.3) is 0 Å². The van der Waals surface area contributed by atoms with E-state index < -0.39 is 5.41 Å². The van der Waals surface area contributed by atoms with E-state index in [1.807, 2.05) is 0 Å². The second-order valence-corrected chi connectivity index (χ2v) is 14.2. The van der Waals surface area contributed by atoms with Gasteiger partial charge in [0.05, 0.1) is 97.0 Å².